The van der Waals surface area contributed by atoms with E-state index in [0.29, 0.717) is 5.92 Å². The normalized spacial score (nSPS) is 13.9. The number of aliphatic hydroxyl groups is 2. The summed E-state index contributed by atoms with van der Waals surface area (Å²) in [6.45, 7) is 6.03. The zero-order valence-corrected chi connectivity index (χ0v) is 11.6. The van der Waals surface area contributed by atoms with E-state index in [1.807, 2.05) is 25.1 Å². The van der Waals surface area contributed by atoms with Crippen LogP contribution in [-0.2, 0) is 0 Å². The van der Waals surface area contributed by atoms with Crippen LogP contribution in [0.4, 0.5) is 0 Å². The third-order valence-electron chi connectivity index (χ3n) is 3.13. The lowest BCUT2D eigenvalue weighted by Crippen LogP contribution is -2.50. The number of nitrogens with one attached hydrogen (secondary N) is 1. The Morgan fingerprint density at radius 1 is 1.11 bits per heavy atom. The highest BCUT2D eigenvalue weighted by Crippen LogP contribution is 2.23. The number of rotatable bonds is 7. The third kappa shape index (κ3) is 4.41. The Balaban J connectivity index is 2.86. The van der Waals surface area contributed by atoms with Crippen molar-refractivity contribution in [1.82, 2.24) is 5.32 Å². The standard InChI is InChI=1S/C15H25NO2/c1-12(2)9-14(13-7-5-4-6-8-13)16-15(3,10-17)11-18/h4-8,12,14,16-18H,9-11H2,1-3H3. The molecular formula is C15H25NO2. The zero-order valence-electron chi connectivity index (χ0n) is 11.6. The summed E-state index contributed by atoms with van der Waals surface area (Å²) in [5, 5.41) is 22.2. The molecule has 0 aliphatic carbocycles. The van der Waals surface area contributed by atoms with Crippen LogP contribution in [0.15, 0.2) is 30.3 Å². The summed E-state index contributed by atoms with van der Waals surface area (Å²) in [5.41, 5.74) is 0.550. The molecule has 0 saturated heterocycles. The van der Waals surface area contributed by atoms with E-state index in [4.69, 9.17) is 0 Å². The molecule has 0 radical (unpaired) electrons. The fourth-order valence-electron chi connectivity index (χ4n) is 2.00. The minimum atomic E-state index is -0.643. The molecule has 102 valence electrons. The van der Waals surface area contributed by atoms with Crippen LogP contribution in [0, 0.1) is 5.92 Å². The Morgan fingerprint density at radius 2 is 1.67 bits per heavy atom. The molecule has 18 heavy (non-hydrogen) atoms. The van der Waals surface area contributed by atoms with Crippen molar-refractivity contribution in [2.24, 2.45) is 5.92 Å². The van der Waals surface area contributed by atoms with E-state index in [2.05, 4.69) is 31.3 Å². The van der Waals surface area contributed by atoms with Crippen molar-refractivity contribution in [2.75, 3.05) is 13.2 Å². The Kier molecular flexibility index (Phi) is 5.79. The third-order valence-corrected chi connectivity index (χ3v) is 3.13. The first-order valence-electron chi connectivity index (χ1n) is 6.55. The van der Waals surface area contributed by atoms with Gasteiger partial charge in [0.05, 0.1) is 18.8 Å². The largest absolute Gasteiger partial charge is 0.394 e. The fourth-order valence-corrected chi connectivity index (χ4v) is 2.00. The smallest absolute Gasteiger partial charge is 0.0633 e. The zero-order chi connectivity index (χ0) is 13.6. The molecule has 0 spiro atoms. The van der Waals surface area contributed by atoms with Crippen molar-refractivity contribution in [3.8, 4) is 0 Å². The highest BCUT2D eigenvalue weighted by atomic mass is 16.3. The molecule has 0 fully saturated rings. The van der Waals surface area contributed by atoms with Gasteiger partial charge < -0.3 is 15.5 Å². The van der Waals surface area contributed by atoms with Gasteiger partial charge in [0.25, 0.3) is 0 Å². The molecule has 1 aromatic carbocycles. The van der Waals surface area contributed by atoms with E-state index >= 15 is 0 Å². The van der Waals surface area contributed by atoms with Crippen molar-refractivity contribution in [1.29, 1.82) is 0 Å². The second kappa shape index (κ2) is 6.88. The van der Waals surface area contributed by atoms with E-state index in [0.717, 1.165) is 6.42 Å². The topological polar surface area (TPSA) is 52.5 Å². The average Bonchev–Trinajstić information content (AvgIpc) is 2.38. The van der Waals surface area contributed by atoms with Crippen LogP contribution in [0.5, 0.6) is 0 Å². The minimum Gasteiger partial charge on any atom is -0.394 e. The summed E-state index contributed by atoms with van der Waals surface area (Å²) in [4.78, 5) is 0. The molecule has 1 aromatic rings. The average molecular weight is 251 g/mol. The molecule has 3 heteroatoms. The number of hydrogen-bond donors (Lipinski definition) is 3. The number of hydrogen-bond acceptors (Lipinski definition) is 3. The second-order valence-corrected chi connectivity index (χ2v) is 5.61. The monoisotopic (exact) mass is 251 g/mol. The molecule has 0 heterocycles. The van der Waals surface area contributed by atoms with Crippen molar-refractivity contribution < 1.29 is 10.2 Å². The van der Waals surface area contributed by atoms with Crippen LogP contribution >= 0.6 is 0 Å². The van der Waals surface area contributed by atoms with E-state index in [9.17, 15) is 10.2 Å². The van der Waals surface area contributed by atoms with Gasteiger partial charge >= 0.3 is 0 Å². The van der Waals surface area contributed by atoms with Gasteiger partial charge in [-0.25, -0.2) is 0 Å². The van der Waals surface area contributed by atoms with Gasteiger partial charge in [0.2, 0.25) is 0 Å². The first-order chi connectivity index (χ1) is 8.50. The van der Waals surface area contributed by atoms with Gasteiger partial charge in [0.15, 0.2) is 0 Å². The molecule has 0 amide bonds. The van der Waals surface area contributed by atoms with Gasteiger partial charge in [-0.3, -0.25) is 0 Å². The fraction of sp³-hybridized carbons (Fsp3) is 0.600. The predicted molar refractivity (Wildman–Crippen MR) is 74.4 cm³/mol. The lowest BCUT2D eigenvalue weighted by Gasteiger charge is -2.33. The van der Waals surface area contributed by atoms with Crippen LogP contribution in [0.25, 0.3) is 0 Å². The number of benzene rings is 1. The summed E-state index contributed by atoms with van der Waals surface area (Å²) in [6.07, 6.45) is 0.972. The molecular weight excluding hydrogens is 226 g/mol. The van der Waals surface area contributed by atoms with Crippen molar-refractivity contribution >= 4 is 0 Å². The maximum atomic E-state index is 9.39. The molecule has 3 N–H and O–H groups in total. The van der Waals surface area contributed by atoms with E-state index in [-0.39, 0.29) is 19.3 Å². The van der Waals surface area contributed by atoms with Gasteiger partial charge in [-0.05, 0) is 24.8 Å². The molecule has 1 unspecified atom stereocenters. The highest BCUT2D eigenvalue weighted by Gasteiger charge is 2.26. The van der Waals surface area contributed by atoms with Crippen LogP contribution in [0.3, 0.4) is 0 Å². The molecule has 0 bridgehead atoms. The van der Waals surface area contributed by atoms with Crippen LogP contribution < -0.4 is 5.32 Å². The van der Waals surface area contributed by atoms with Crippen molar-refractivity contribution in [3.63, 3.8) is 0 Å². The van der Waals surface area contributed by atoms with E-state index < -0.39 is 5.54 Å². The first-order valence-corrected chi connectivity index (χ1v) is 6.55. The van der Waals surface area contributed by atoms with Crippen LogP contribution in [0.2, 0.25) is 0 Å². The Hall–Kier alpha value is -0.900. The van der Waals surface area contributed by atoms with Crippen molar-refractivity contribution in [3.05, 3.63) is 35.9 Å². The van der Waals surface area contributed by atoms with Gasteiger partial charge in [-0.15, -0.1) is 0 Å². The lowest BCUT2D eigenvalue weighted by atomic mass is 9.93. The second-order valence-electron chi connectivity index (χ2n) is 5.61. The van der Waals surface area contributed by atoms with Gasteiger partial charge in [0, 0.05) is 6.04 Å². The minimum absolute atomic E-state index is 0.0784. The molecule has 3 nitrogen and oxygen atoms in total. The summed E-state index contributed by atoms with van der Waals surface area (Å²) < 4.78 is 0. The summed E-state index contributed by atoms with van der Waals surface area (Å²) in [5.74, 6) is 0.546. The molecule has 1 rings (SSSR count). The SMILES string of the molecule is CC(C)CC(NC(C)(CO)CO)c1ccccc1. The molecule has 0 aliphatic heterocycles. The van der Waals surface area contributed by atoms with Crippen LogP contribution in [0.1, 0.15) is 38.8 Å². The Labute approximate surface area is 110 Å². The van der Waals surface area contributed by atoms with E-state index in [1.165, 1.54) is 5.56 Å². The Bertz CT molecular complexity index is 334. The predicted octanol–water partition coefficient (Wildman–Crippen LogP) is 2.11. The Morgan fingerprint density at radius 3 is 2.11 bits per heavy atom. The highest BCUT2D eigenvalue weighted by molar-refractivity contribution is 5.19. The van der Waals surface area contributed by atoms with E-state index in [1.54, 1.807) is 0 Å². The molecule has 0 aromatic heterocycles. The lowest BCUT2D eigenvalue weighted by molar-refractivity contribution is 0.0908. The van der Waals surface area contributed by atoms with Crippen molar-refractivity contribution in [2.45, 2.75) is 38.8 Å². The molecule has 1 atom stereocenters. The number of aliphatic hydroxyl groups excluding tert-OH is 2. The summed E-state index contributed by atoms with van der Waals surface area (Å²) >= 11 is 0. The summed E-state index contributed by atoms with van der Waals surface area (Å²) in [7, 11) is 0. The maximum absolute atomic E-state index is 9.39. The first kappa shape index (κ1) is 15.2. The van der Waals surface area contributed by atoms with Crippen LogP contribution in [-0.4, -0.2) is 29.0 Å². The maximum Gasteiger partial charge on any atom is 0.0633 e. The quantitative estimate of drug-likeness (QED) is 0.695. The molecule has 0 aliphatic rings. The van der Waals surface area contributed by atoms with Gasteiger partial charge in [-0.1, -0.05) is 44.2 Å². The van der Waals surface area contributed by atoms with Gasteiger partial charge in [-0.2, -0.15) is 0 Å². The van der Waals surface area contributed by atoms with Gasteiger partial charge in [0.1, 0.15) is 0 Å². The molecule has 0 saturated carbocycles. The summed E-state index contributed by atoms with van der Waals surface area (Å²) in [6, 6.07) is 10.3.